The van der Waals surface area contributed by atoms with E-state index in [-0.39, 0.29) is 0 Å². The van der Waals surface area contributed by atoms with Crippen LogP contribution in [0, 0.1) is 6.92 Å². The molecule has 3 aromatic rings. The molecule has 0 spiro atoms. The summed E-state index contributed by atoms with van der Waals surface area (Å²) in [4.78, 5) is 8.14. The maximum atomic E-state index is 4.83. The predicted molar refractivity (Wildman–Crippen MR) is 89.7 cm³/mol. The topological polar surface area (TPSA) is 32.6 Å². The summed E-state index contributed by atoms with van der Waals surface area (Å²) in [6.07, 6.45) is 2.09. The standard InChI is InChI=1S/C16H20N4S/c1-4-19(13-7-5-12(2)6-8-13)15-14(11-17-3)20-9-10-21-16(20)18-15/h5-10,17H,4,11H2,1-3H3. The molecule has 0 atom stereocenters. The second-order valence-corrected chi connectivity index (χ2v) is 5.92. The highest BCUT2D eigenvalue weighted by Crippen LogP contribution is 2.30. The zero-order valence-corrected chi connectivity index (χ0v) is 13.4. The van der Waals surface area contributed by atoms with Gasteiger partial charge in [-0.3, -0.25) is 4.40 Å². The van der Waals surface area contributed by atoms with Gasteiger partial charge in [0.05, 0.1) is 5.69 Å². The number of nitrogens with one attached hydrogen (secondary N) is 1. The summed E-state index contributed by atoms with van der Waals surface area (Å²) in [5, 5.41) is 5.33. The van der Waals surface area contributed by atoms with Crippen LogP contribution in [0.3, 0.4) is 0 Å². The largest absolute Gasteiger partial charge is 0.325 e. The lowest BCUT2D eigenvalue weighted by Crippen LogP contribution is -2.20. The van der Waals surface area contributed by atoms with Gasteiger partial charge in [-0.25, -0.2) is 4.98 Å². The maximum absolute atomic E-state index is 4.83. The van der Waals surface area contributed by atoms with Gasteiger partial charge in [0, 0.05) is 30.4 Å². The zero-order chi connectivity index (χ0) is 14.8. The summed E-state index contributed by atoms with van der Waals surface area (Å²) in [6, 6.07) is 8.62. The third kappa shape index (κ3) is 2.54. The van der Waals surface area contributed by atoms with Crippen molar-refractivity contribution in [2.45, 2.75) is 20.4 Å². The minimum absolute atomic E-state index is 0.801. The third-order valence-electron chi connectivity index (χ3n) is 3.60. The van der Waals surface area contributed by atoms with E-state index >= 15 is 0 Å². The number of fused-ring (bicyclic) bond motifs is 1. The summed E-state index contributed by atoms with van der Waals surface area (Å²) in [6.45, 7) is 5.97. The molecule has 0 bridgehead atoms. The normalized spacial score (nSPS) is 11.2. The van der Waals surface area contributed by atoms with Crippen molar-refractivity contribution < 1.29 is 0 Å². The molecule has 110 valence electrons. The lowest BCUT2D eigenvalue weighted by atomic mass is 10.2. The van der Waals surface area contributed by atoms with Crippen LogP contribution in [0.4, 0.5) is 11.5 Å². The van der Waals surface area contributed by atoms with Crippen molar-refractivity contribution >= 4 is 27.8 Å². The Morgan fingerprint density at radius 3 is 2.71 bits per heavy atom. The average molecular weight is 300 g/mol. The van der Waals surface area contributed by atoms with Crippen LogP contribution in [0.5, 0.6) is 0 Å². The number of benzene rings is 1. The zero-order valence-electron chi connectivity index (χ0n) is 12.6. The molecule has 4 nitrogen and oxygen atoms in total. The summed E-state index contributed by atoms with van der Waals surface area (Å²) >= 11 is 1.67. The molecule has 5 heteroatoms. The molecule has 0 aliphatic heterocycles. The number of rotatable bonds is 5. The van der Waals surface area contributed by atoms with Gasteiger partial charge in [-0.15, -0.1) is 11.3 Å². The molecule has 0 amide bonds. The number of thiazole rings is 1. The number of imidazole rings is 1. The smallest absolute Gasteiger partial charge is 0.195 e. The Morgan fingerprint density at radius 1 is 1.29 bits per heavy atom. The van der Waals surface area contributed by atoms with Crippen LogP contribution in [0.25, 0.3) is 4.96 Å². The molecular formula is C16H20N4S. The third-order valence-corrected chi connectivity index (χ3v) is 4.36. The molecule has 0 radical (unpaired) electrons. The Bertz CT molecular complexity index is 726. The van der Waals surface area contributed by atoms with Crippen LogP contribution in [0.15, 0.2) is 35.8 Å². The Labute approximate surface area is 129 Å². The SMILES string of the molecule is CCN(c1ccc(C)cc1)c1nc2sccn2c1CNC. The van der Waals surface area contributed by atoms with E-state index in [1.807, 2.05) is 7.05 Å². The number of nitrogens with zero attached hydrogens (tertiary/aromatic N) is 3. The first-order valence-electron chi connectivity index (χ1n) is 7.17. The van der Waals surface area contributed by atoms with E-state index < -0.39 is 0 Å². The van der Waals surface area contributed by atoms with Gasteiger partial charge in [0.15, 0.2) is 10.8 Å². The predicted octanol–water partition coefficient (Wildman–Crippen LogP) is 3.58. The van der Waals surface area contributed by atoms with Crippen LogP contribution in [0.2, 0.25) is 0 Å². The molecule has 0 unspecified atom stereocenters. The Hall–Kier alpha value is -1.85. The summed E-state index contributed by atoms with van der Waals surface area (Å²) in [5.74, 6) is 1.04. The van der Waals surface area contributed by atoms with E-state index in [4.69, 9.17) is 4.98 Å². The van der Waals surface area contributed by atoms with Gasteiger partial charge in [-0.1, -0.05) is 17.7 Å². The van der Waals surface area contributed by atoms with Crippen LogP contribution in [0.1, 0.15) is 18.2 Å². The number of aromatic nitrogens is 2. The van der Waals surface area contributed by atoms with Crippen molar-refractivity contribution in [2.24, 2.45) is 0 Å². The molecule has 0 fully saturated rings. The van der Waals surface area contributed by atoms with Crippen molar-refractivity contribution in [3.05, 3.63) is 47.1 Å². The minimum Gasteiger partial charge on any atom is -0.325 e. The molecule has 2 aromatic heterocycles. The van der Waals surface area contributed by atoms with Crippen LogP contribution < -0.4 is 10.2 Å². The Balaban J connectivity index is 2.09. The van der Waals surface area contributed by atoms with E-state index in [0.717, 1.165) is 23.9 Å². The van der Waals surface area contributed by atoms with Gasteiger partial charge < -0.3 is 10.2 Å². The van der Waals surface area contributed by atoms with Gasteiger partial charge >= 0.3 is 0 Å². The van der Waals surface area contributed by atoms with E-state index in [9.17, 15) is 0 Å². The van der Waals surface area contributed by atoms with Crippen LogP contribution >= 0.6 is 11.3 Å². The van der Waals surface area contributed by atoms with Crippen LogP contribution in [-0.2, 0) is 6.54 Å². The van der Waals surface area contributed by atoms with Crippen molar-refractivity contribution in [2.75, 3.05) is 18.5 Å². The fourth-order valence-electron chi connectivity index (χ4n) is 2.55. The number of hydrogen-bond acceptors (Lipinski definition) is 4. The number of hydrogen-bond donors (Lipinski definition) is 1. The molecule has 0 saturated carbocycles. The molecule has 1 N–H and O–H groups in total. The van der Waals surface area contributed by atoms with Crippen molar-refractivity contribution in [1.82, 2.24) is 14.7 Å². The summed E-state index contributed by atoms with van der Waals surface area (Å²) < 4.78 is 2.17. The minimum atomic E-state index is 0.801. The number of anilines is 2. The molecule has 21 heavy (non-hydrogen) atoms. The Kier molecular flexibility index (Phi) is 3.94. The highest BCUT2D eigenvalue weighted by atomic mass is 32.1. The molecule has 0 saturated heterocycles. The molecule has 0 aliphatic carbocycles. The van der Waals surface area contributed by atoms with Gasteiger partial charge in [-0.2, -0.15) is 0 Å². The highest BCUT2D eigenvalue weighted by molar-refractivity contribution is 7.15. The quantitative estimate of drug-likeness (QED) is 0.781. The molecule has 0 aliphatic rings. The molecular weight excluding hydrogens is 280 g/mol. The fraction of sp³-hybridized carbons (Fsp3) is 0.312. The highest BCUT2D eigenvalue weighted by Gasteiger charge is 2.18. The monoisotopic (exact) mass is 300 g/mol. The molecule has 3 rings (SSSR count). The van der Waals surface area contributed by atoms with E-state index in [2.05, 4.69) is 64.3 Å². The van der Waals surface area contributed by atoms with Crippen LogP contribution in [-0.4, -0.2) is 23.0 Å². The van der Waals surface area contributed by atoms with Crippen molar-refractivity contribution in [3.8, 4) is 0 Å². The lowest BCUT2D eigenvalue weighted by molar-refractivity contribution is 0.779. The number of aryl methyl sites for hydroxylation is 1. The fourth-order valence-corrected chi connectivity index (χ4v) is 3.28. The van der Waals surface area contributed by atoms with E-state index in [1.54, 1.807) is 11.3 Å². The Morgan fingerprint density at radius 2 is 2.05 bits per heavy atom. The van der Waals surface area contributed by atoms with Crippen molar-refractivity contribution in [1.29, 1.82) is 0 Å². The van der Waals surface area contributed by atoms with Gasteiger partial charge in [0.1, 0.15) is 0 Å². The molecule has 1 aromatic carbocycles. The second kappa shape index (κ2) is 5.87. The molecule has 2 heterocycles. The first-order valence-corrected chi connectivity index (χ1v) is 8.05. The lowest BCUT2D eigenvalue weighted by Gasteiger charge is -2.22. The first kappa shape index (κ1) is 14.1. The van der Waals surface area contributed by atoms with E-state index in [1.165, 1.54) is 16.9 Å². The van der Waals surface area contributed by atoms with Gasteiger partial charge in [-0.05, 0) is 33.0 Å². The van der Waals surface area contributed by atoms with Gasteiger partial charge in [0.25, 0.3) is 0 Å². The summed E-state index contributed by atoms with van der Waals surface area (Å²) in [7, 11) is 1.97. The van der Waals surface area contributed by atoms with Crippen molar-refractivity contribution in [3.63, 3.8) is 0 Å². The maximum Gasteiger partial charge on any atom is 0.195 e. The van der Waals surface area contributed by atoms with E-state index in [0.29, 0.717) is 0 Å². The first-order chi connectivity index (χ1) is 10.2. The van der Waals surface area contributed by atoms with Gasteiger partial charge in [0.2, 0.25) is 0 Å². The summed E-state index contributed by atoms with van der Waals surface area (Å²) in [5.41, 5.74) is 3.67. The average Bonchev–Trinajstić information content (AvgIpc) is 3.05. The second-order valence-electron chi connectivity index (χ2n) is 5.05.